The van der Waals surface area contributed by atoms with Crippen molar-refractivity contribution in [3.05, 3.63) is 0 Å². The molecule has 1 aliphatic heterocycles. The zero-order chi connectivity index (χ0) is 11.8. The van der Waals surface area contributed by atoms with Gasteiger partial charge < -0.3 is 15.0 Å². The first-order valence-electron chi connectivity index (χ1n) is 6.37. The van der Waals surface area contributed by atoms with Gasteiger partial charge in [0.25, 0.3) is 0 Å². The van der Waals surface area contributed by atoms with Crippen molar-refractivity contribution in [1.29, 1.82) is 0 Å². The molecule has 1 saturated heterocycles. The summed E-state index contributed by atoms with van der Waals surface area (Å²) < 4.78 is 5.24. The lowest BCUT2D eigenvalue weighted by atomic mass is 10.1. The molecular weight excluding hydrogens is 204 g/mol. The Morgan fingerprint density at radius 2 is 2.19 bits per heavy atom. The van der Waals surface area contributed by atoms with Gasteiger partial charge in [0.2, 0.25) is 5.91 Å². The summed E-state index contributed by atoms with van der Waals surface area (Å²) in [5.74, 6) is 0.285. The first kappa shape index (κ1) is 13.5. The molecule has 0 saturated carbocycles. The molecule has 0 bridgehead atoms. The van der Waals surface area contributed by atoms with Gasteiger partial charge in [-0.15, -0.1) is 0 Å². The number of ether oxygens (including phenoxy) is 1. The summed E-state index contributed by atoms with van der Waals surface area (Å²) in [5.41, 5.74) is 0. The van der Waals surface area contributed by atoms with Crippen molar-refractivity contribution in [2.45, 2.75) is 39.2 Å². The van der Waals surface area contributed by atoms with E-state index >= 15 is 0 Å². The maximum Gasteiger partial charge on any atom is 0.222 e. The fourth-order valence-electron chi connectivity index (χ4n) is 1.86. The Hall–Kier alpha value is -0.610. The lowest BCUT2D eigenvalue weighted by molar-refractivity contribution is -0.135. The molecule has 0 aliphatic carbocycles. The Kier molecular flexibility index (Phi) is 6.42. The molecule has 16 heavy (non-hydrogen) atoms. The van der Waals surface area contributed by atoms with Crippen LogP contribution in [0.5, 0.6) is 0 Å². The van der Waals surface area contributed by atoms with E-state index in [9.17, 15) is 4.79 Å². The number of nitrogens with zero attached hydrogens (tertiary/aromatic N) is 1. The van der Waals surface area contributed by atoms with Crippen molar-refractivity contribution >= 4 is 5.91 Å². The highest BCUT2D eigenvalue weighted by Crippen LogP contribution is 2.09. The summed E-state index contributed by atoms with van der Waals surface area (Å²) in [5, 5.41) is 3.21. The molecule has 4 nitrogen and oxygen atoms in total. The van der Waals surface area contributed by atoms with Gasteiger partial charge in [-0.25, -0.2) is 0 Å². The van der Waals surface area contributed by atoms with Crippen LogP contribution in [0.1, 0.15) is 33.1 Å². The first-order valence-corrected chi connectivity index (χ1v) is 6.37. The molecule has 0 radical (unpaired) electrons. The van der Waals surface area contributed by atoms with E-state index in [1.165, 1.54) is 0 Å². The van der Waals surface area contributed by atoms with Crippen LogP contribution >= 0.6 is 0 Å². The van der Waals surface area contributed by atoms with Crippen LogP contribution in [0.25, 0.3) is 0 Å². The Morgan fingerprint density at radius 1 is 1.44 bits per heavy atom. The van der Waals surface area contributed by atoms with Crippen LogP contribution in [0.3, 0.4) is 0 Å². The van der Waals surface area contributed by atoms with Crippen molar-refractivity contribution in [3.63, 3.8) is 0 Å². The Balaban J connectivity index is 2.23. The number of carbonyl (C=O) groups is 1. The van der Waals surface area contributed by atoms with Crippen molar-refractivity contribution < 1.29 is 9.53 Å². The monoisotopic (exact) mass is 228 g/mol. The SMILES string of the molecule is CCCN(C(=O)CCCOCC)C1CNC1. The van der Waals surface area contributed by atoms with Crippen molar-refractivity contribution in [1.82, 2.24) is 10.2 Å². The zero-order valence-corrected chi connectivity index (χ0v) is 10.5. The van der Waals surface area contributed by atoms with Crippen molar-refractivity contribution in [2.24, 2.45) is 0 Å². The molecule has 94 valence electrons. The van der Waals surface area contributed by atoms with Gasteiger partial charge in [-0.1, -0.05) is 6.92 Å². The first-order chi connectivity index (χ1) is 7.79. The summed E-state index contributed by atoms with van der Waals surface area (Å²) in [6, 6.07) is 0.430. The van der Waals surface area contributed by atoms with E-state index in [0.717, 1.165) is 39.1 Å². The highest BCUT2D eigenvalue weighted by atomic mass is 16.5. The summed E-state index contributed by atoms with van der Waals surface area (Å²) in [4.78, 5) is 14.0. The van der Waals surface area contributed by atoms with Crippen molar-refractivity contribution in [3.8, 4) is 0 Å². The normalized spacial score (nSPS) is 15.9. The fraction of sp³-hybridized carbons (Fsp3) is 0.917. The highest BCUT2D eigenvalue weighted by Gasteiger charge is 2.27. The van der Waals surface area contributed by atoms with Crippen LogP contribution < -0.4 is 5.32 Å². The van der Waals surface area contributed by atoms with E-state index in [4.69, 9.17) is 4.74 Å². The quantitative estimate of drug-likeness (QED) is 0.631. The molecule has 0 unspecified atom stereocenters. The van der Waals surface area contributed by atoms with E-state index in [2.05, 4.69) is 12.2 Å². The second-order valence-electron chi connectivity index (χ2n) is 4.20. The molecule has 1 aliphatic rings. The number of amides is 1. The summed E-state index contributed by atoms with van der Waals surface area (Å²) >= 11 is 0. The van der Waals surface area contributed by atoms with Gasteiger partial charge in [0.05, 0.1) is 6.04 Å². The summed E-state index contributed by atoms with van der Waals surface area (Å²) in [6.45, 7) is 8.33. The molecule has 0 atom stereocenters. The van der Waals surface area contributed by atoms with Gasteiger partial charge in [-0.2, -0.15) is 0 Å². The number of carbonyl (C=O) groups excluding carboxylic acids is 1. The van der Waals surface area contributed by atoms with Crippen LogP contribution in [-0.4, -0.2) is 49.7 Å². The molecule has 1 fully saturated rings. The van der Waals surface area contributed by atoms with Gasteiger partial charge in [-0.05, 0) is 19.8 Å². The van der Waals surface area contributed by atoms with E-state index < -0.39 is 0 Å². The molecule has 1 heterocycles. The summed E-state index contributed by atoms with van der Waals surface area (Å²) in [7, 11) is 0. The maximum atomic E-state index is 12.0. The van der Waals surface area contributed by atoms with E-state index in [0.29, 0.717) is 19.1 Å². The van der Waals surface area contributed by atoms with E-state index in [-0.39, 0.29) is 5.91 Å². The molecule has 0 aromatic heterocycles. The van der Waals surface area contributed by atoms with Crippen LogP contribution in [0.2, 0.25) is 0 Å². The minimum Gasteiger partial charge on any atom is -0.382 e. The van der Waals surface area contributed by atoms with Gasteiger partial charge in [0, 0.05) is 39.3 Å². The fourth-order valence-corrected chi connectivity index (χ4v) is 1.86. The van der Waals surface area contributed by atoms with Crippen LogP contribution in [0.4, 0.5) is 0 Å². The van der Waals surface area contributed by atoms with Crippen LogP contribution in [-0.2, 0) is 9.53 Å². The largest absolute Gasteiger partial charge is 0.382 e. The number of rotatable bonds is 8. The topological polar surface area (TPSA) is 41.6 Å². The highest BCUT2D eigenvalue weighted by molar-refractivity contribution is 5.76. The molecule has 1 amide bonds. The third-order valence-electron chi connectivity index (χ3n) is 2.87. The minimum atomic E-state index is 0.285. The Labute approximate surface area is 98.3 Å². The van der Waals surface area contributed by atoms with Crippen LogP contribution in [0, 0.1) is 0 Å². The van der Waals surface area contributed by atoms with Gasteiger partial charge in [-0.3, -0.25) is 4.79 Å². The number of nitrogens with one attached hydrogen (secondary N) is 1. The standard InChI is InChI=1S/C12H24N2O2/c1-3-7-14(11-9-13-10-11)12(15)6-5-8-16-4-2/h11,13H,3-10H2,1-2H3. The maximum absolute atomic E-state index is 12.0. The predicted molar refractivity (Wildman–Crippen MR) is 64.4 cm³/mol. The second kappa shape index (κ2) is 7.63. The van der Waals surface area contributed by atoms with Gasteiger partial charge in [0.1, 0.15) is 0 Å². The third-order valence-corrected chi connectivity index (χ3v) is 2.87. The average Bonchev–Trinajstić information content (AvgIpc) is 2.21. The molecular formula is C12H24N2O2. The molecule has 4 heteroatoms. The average molecular weight is 228 g/mol. The number of hydrogen-bond donors (Lipinski definition) is 1. The molecule has 0 spiro atoms. The van der Waals surface area contributed by atoms with E-state index in [1.807, 2.05) is 11.8 Å². The Morgan fingerprint density at radius 3 is 2.69 bits per heavy atom. The zero-order valence-electron chi connectivity index (χ0n) is 10.5. The lowest BCUT2D eigenvalue weighted by Crippen LogP contribution is -2.59. The minimum absolute atomic E-state index is 0.285. The molecule has 0 aromatic carbocycles. The van der Waals surface area contributed by atoms with Gasteiger partial charge in [0.15, 0.2) is 0 Å². The second-order valence-corrected chi connectivity index (χ2v) is 4.20. The van der Waals surface area contributed by atoms with Crippen molar-refractivity contribution in [2.75, 3.05) is 32.8 Å². The van der Waals surface area contributed by atoms with Gasteiger partial charge >= 0.3 is 0 Å². The van der Waals surface area contributed by atoms with Crippen LogP contribution in [0.15, 0.2) is 0 Å². The predicted octanol–water partition coefficient (Wildman–Crippen LogP) is 1.01. The molecule has 1 rings (SSSR count). The lowest BCUT2D eigenvalue weighted by Gasteiger charge is -2.38. The Bertz CT molecular complexity index is 205. The molecule has 1 N–H and O–H groups in total. The number of hydrogen-bond acceptors (Lipinski definition) is 3. The molecule has 0 aromatic rings. The summed E-state index contributed by atoms with van der Waals surface area (Å²) in [6.07, 6.45) is 2.50. The van der Waals surface area contributed by atoms with E-state index in [1.54, 1.807) is 0 Å². The smallest absolute Gasteiger partial charge is 0.222 e. The third kappa shape index (κ3) is 4.10.